The van der Waals surface area contributed by atoms with Crippen molar-refractivity contribution in [1.82, 2.24) is 15.1 Å². The number of hydrogen-bond donors (Lipinski definition) is 2. The Balaban J connectivity index is 1.93. The Bertz CT molecular complexity index is 841. The molecule has 0 aliphatic carbocycles. The fraction of sp³-hybridized carbons (Fsp3) is 0.353. The van der Waals surface area contributed by atoms with Crippen molar-refractivity contribution in [3.63, 3.8) is 0 Å². The summed E-state index contributed by atoms with van der Waals surface area (Å²) >= 11 is 0. The van der Waals surface area contributed by atoms with Gasteiger partial charge in [0.05, 0.1) is 17.7 Å². The number of carboxylic acid groups (broad SMARTS) is 1. The molecule has 11 heteroatoms. The number of carbonyl (C=O) groups is 2. The van der Waals surface area contributed by atoms with E-state index >= 15 is 0 Å². The minimum Gasteiger partial charge on any atom is -0.481 e. The third-order valence-electron chi connectivity index (χ3n) is 3.49. The van der Waals surface area contributed by atoms with Crippen LogP contribution in [0.2, 0.25) is 0 Å². The van der Waals surface area contributed by atoms with Gasteiger partial charge in [0.25, 0.3) is 5.91 Å². The monoisotopic (exact) mass is 433 g/mol. The van der Waals surface area contributed by atoms with Gasteiger partial charge < -0.3 is 10.4 Å². The second-order valence-electron chi connectivity index (χ2n) is 5.67. The van der Waals surface area contributed by atoms with Gasteiger partial charge in [-0.3, -0.25) is 9.59 Å². The van der Waals surface area contributed by atoms with E-state index < -0.39 is 23.6 Å². The highest BCUT2D eigenvalue weighted by molar-refractivity contribution is 8.76. The van der Waals surface area contributed by atoms with Gasteiger partial charge in [0, 0.05) is 23.7 Å². The zero-order valence-electron chi connectivity index (χ0n) is 14.8. The van der Waals surface area contributed by atoms with Crippen molar-refractivity contribution < 1.29 is 27.9 Å². The van der Waals surface area contributed by atoms with E-state index in [0.29, 0.717) is 23.7 Å². The summed E-state index contributed by atoms with van der Waals surface area (Å²) in [5, 5.41) is 15.3. The van der Waals surface area contributed by atoms with Crippen LogP contribution in [0.3, 0.4) is 0 Å². The van der Waals surface area contributed by atoms with Crippen LogP contribution in [0.5, 0.6) is 0 Å². The minimum atomic E-state index is -4.46. The molecule has 0 saturated carbocycles. The molecule has 6 nitrogen and oxygen atoms in total. The quantitative estimate of drug-likeness (QED) is 0.463. The summed E-state index contributed by atoms with van der Waals surface area (Å²) in [6, 6.07) is 6.24. The fourth-order valence-corrected chi connectivity index (χ4v) is 4.09. The largest absolute Gasteiger partial charge is 0.481 e. The Morgan fingerprint density at radius 3 is 2.61 bits per heavy atom. The molecule has 2 rings (SSSR count). The third-order valence-corrected chi connectivity index (χ3v) is 5.90. The normalized spacial score (nSPS) is 11.4. The summed E-state index contributed by atoms with van der Waals surface area (Å²) in [4.78, 5) is 22.6. The Morgan fingerprint density at radius 2 is 1.93 bits per heavy atom. The van der Waals surface area contributed by atoms with Crippen molar-refractivity contribution in [1.29, 1.82) is 0 Å². The van der Waals surface area contributed by atoms with Gasteiger partial charge in [-0.25, -0.2) is 4.68 Å². The van der Waals surface area contributed by atoms with E-state index in [2.05, 4.69) is 10.4 Å². The van der Waals surface area contributed by atoms with Gasteiger partial charge >= 0.3 is 12.1 Å². The molecular weight excluding hydrogens is 415 g/mol. The number of aliphatic carboxylic acids is 1. The van der Waals surface area contributed by atoms with Crippen molar-refractivity contribution in [3.05, 3.63) is 47.3 Å². The van der Waals surface area contributed by atoms with Crippen LogP contribution in [0.1, 0.15) is 28.2 Å². The van der Waals surface area contributed by atoms with Gasteiger partial charge in [-0.2, -0.15) is 18.3 Å². The van der Waals surface area contributed by atoms with Crippen LogP contribution >= 0.6 is 21.6 Å². The van der Waals surface area contributed by atoms with Gasteiger partial charge in [0.15, 0.2) is 5.69 Å². The molecule has 0 aliphatic heterocycles. The van der Waals surface area contributed by atoms with Crippen LogP contribution in [0.25, 0.3) is 5.69 Å². The van der Waals surface area contributed by atoms with Crippen molar-refractivity contribution in [2.45, 2.75) is 19.5 Å². The summed E-state index contributed by atoms with van der Waals surface area (Å²) in [5.41, 5.74) is 0.0709. The van der Waals surface area contributed by atoms with Gasteiger partial charge in [0.2, 0.25) is 0 Å². The van der Waals surface area contributed by atoms with E-state index in [1.807, 2.05) is 0 Å². The van der Waals surface area contributed by atoms with Crippen LogP contribution in [0.15, 0.2) is 30.3 Å². The van der Waals surface area contributed by atoms with Crippen molar-refractivity contribution >= 4 is 33.5 Å². The van der Waals surface area contributed by atoms with E-state index in [1.165, 1.54) is 44.5 Å². The van der Waals surface area contributed by atoms with E-state index in [4.69, 9.17) is 5.11 Å². The summed E-state index contributed by atoms with van der Waals surface area (Å²) < 4.78 is 39.9. The molecular formula is C17H18F3N3O3S2. The number of aromatic nitrogens is 2. The number of carbonyl (C=O) groups excluding carboxylic acids is 1. The van der Waals surface area contributed by atoms with Crippen molar-refractivity contribution in [3.8, 4) is 5.69 Å². The molecule has 0 fully saturated rings. The predicted octanol–water partition coefficient (Wildman–Crippen LogP) is 3.79. The zero-order valence-corrected chi connectivity index (χ0v) is 16.5. The standard InChI is InChI=1S/C17H18F3N3O3S2/c1-11-9-14(16(26)21-6-8-28-27-7-5-15(24)25)22-23(11)13-4-2-3-12(10-13)17(18,19)20/h2-4,9-10H,5-8H2,1H3,(H,21,26)(H,24,25). The number of rotatable bonds is 9. The maximum Gasteiger partial charge on any atom is 0.416 e. The van der Waals surface area contributed by atoms with Crippen LogP contribution in [-0.4, -0.2) is 44.8 Å². The van der Waals surface area contributed by atoms with Crippen LogP contribution < -0.4 is 5.32 Å². The van der Waals surface area contributed by atoms with Crippen LogP contribution in [-0.2, 0) is 11.0 Å². The predicted molar refractivity (Wildman–Crippen MR) is 103 cm³/mol. The molecule has 0 radical (unpaired) electrons. The Morgan fingerprint density at radius 1 is 1.21 bits per heavy atom. The molecule has 0 saturated heterocycles. The summed E-state index contributed by atoms with van der Waals surface area (Å²) in [7, 11) is 2.86. The number of hydrogen-bond acceptors (Lipinski definition) is 5. The van der Waals surface area contributed by atoms with Gasteiger partial charge in [-0.1, -0.05) is 27.7 Å². The van der Waals surface area contributed by atoms with Crippen LogP contribution in [0.4, 0.5) is 13.2 Å². The lowest BCUT2D eigenvalue weighted by molar-refractivity contribution is -0.138. The maximum atomic E-state index is 12.9. The highest BCUT2D eigenvalue weighted by Gasteiger charge is 2.30. The molecule has 0 atom stereocenters. The molecule has 0 bridgehead atoms. The summed E-state index contributed by atoms with van der Waals surface area (Å²) in [6.45, 7) is 2.01. The minimum absolute atomic E-state index is 0.0796. The number of benzene rings is 1. The first-order valence-electron chi connectivity index (χ1n) is 8.17. The molecule has 2 N–H and O–H groups in total. The number of alkyl halides is 3. The third kappa shape index (κ3) is 6.48. The second kappa shape index (κ2) is 9.87. The fourth-order valence-electron chi connectivity index (χ4n) is 2.20. The number of aryl methyl sites for hydroxylation is 1. The molecule has 152 valence electrons. The Labute approximate surface area is 167 Å². The second-order valence-corrected chi connectivity index (χ2v) is 8.38. The van der Waals surface area contributed by atoms with E-state index in [9.17, 15) is 22.8 Å². The summed E-state index contributed by atoms with van der Waals surface area (Å²) in [5.74, 6) is -0.212. The number of carboxylic acids is 1. The maximum absolute atomic E-state index is 12.9. The SMILES string of the molecule is Cc1cc(C(=O)NCCSSCCC(=O)O)nn1-c1cccc(C(F)(F)F)c1. The highest BCUT2D eigenvalue weighted by Crippen LogP contribution is 2.30. The molecule has 0 unspecified atom stereocenters. The lowest BCUT2D eigenvalue weighted by Gasteiger charge is -2.09. The Hall–Kier alpha value is -2.14. The lowest BCUT2D eigenvalue weighted by Crippen LogP contribution is -2.26. The molecule has 1 amide bonds. The summed E-state index contributed by atoms with van der Waals surface area (Å²) in [6.07, 6.45) is -4.38. The first-order chi connectivity index (χ1) is 13.2. The highest BCUT2D eigenvalue weighted by atomic mass is 33.1. The number of nitrogens with zero attached hydrogens (tertiary/aromatic N) is 2. The van der Waals surface area contributed by atoms with E-state index in [0.717, 1.165) is 12.1 Å². The molecule has 0 spiro atoms. The molecule has 2 aromatic rings. The van der Waals surface area contributed by atoms with Gasteiger partial charge in [0.1, 0.15) is 0 Å². The molecule has 1 aromatic carbocycles. The smallest absolute Gasteiger partial charge is 0.416 e. The average Bonchev–Trinajstić information content (AvgIpc) is 3.02. The van der Waals surface area contributed by atoms with E-state index in [-0.39, 0.29) is 17.8 Å². The lowest BCUT2D eigenvalue weighted by atomic mass is 10.2. The van der Waals surface area contributed by atoms with Crippen molar-refractivity contribution in [2.24, 2.45) is 0 Å². The van der Waals surface area contributed by atoms with Crippen molar-refractivity contribution in [2.75, 3.05) is 18.1 Å². The van der Waals surface area contributed by atoms with E-state index in [1.54, 1.807) is 6.92 Å². The first-order valence-corrected chi connectivity index (χ1v) is 10.7. The topological polar surface area (TPSA) is 84.2 Å². The number of halogens is 3. The number of nitrogens with one attached hydrogen (secondary N) is 1. The van der Waals surface area contributed by atoms with Gasteiger partial charge in [-0.05, 0) is 31.2 Å². The van der Waals surface area contributed by atoms with Crippen LogP contribution in [0, 0.1) is 6.92 Å². The zero-order chi connectivity index (χ0) is 20.7. The first kappa shape index (κ1) is 22.2. The molecule has 0 aliphatic rings. The average molecular weight is 433 g/mol. The Kier molecular flexibility index (Phi) is 7.81. The number of amides is 1. The molecule has 1 aromatic heterocycles. The molecule has 28 heavy (non-hydrogen) atoms. The molecule has 1 heterocycles. The van der Waals surface area contributed by atoms with Gasteiger partial charge in [-0.15, -0.1) is 0 Å².